The zero-order valence-electron chi connectivity index (χ0n) is 15.9. The zero-order chi connectivity index (χ0) is 18.9. The number of aromatic nitrogens is 3. The van der Waals surface area contributed by atoms with Gasteiger partial charge in [-0.2, -0.15) is 5.10 Å². The second-order valence-electron chi connectivity index (χ2n) is 6.05. The lowest BCUT2D eigenvalue weighted by Crippen LogP contribution is -2.39. The topological polar surface area (TPSA) is 67.1 Å². The van der Waals surface area contributed by atoms with Crippen LogP contribution in [0.25, 0.3) is 5.69 Å². The molecule has 3 rings (SSSR count). The molecule has 0 bridgehead atoms. The number of hydrogen-bond acceptors (Lipinski definition) is 4. The number of guanidine groups is 1. The molecule has 6 nitrogen and oxygen atoms in total. The van der Waals surface area contributed by atoms with Crippen LogP contribution in [-0.2, 0) is 6.54 Å². The van der Waals surface area contributed by atoms with E-state index in [-0.39, 0.29) is 24.0 Å². The van der Waals surface area contributed by atoms with E-state index in [2.05, 4.69) is 69.0 Å². The highest BCUT2D eigenvalue weighted by molar-refractivity contribution is 14.0. The number of aliphatic imine (C=N–C) groups is 1. The third-order valence-electron chi connectivity index (χ3n) is 3.94. The lowest BCUT2D eigenvalue weighted by Gasteiger charge is -2.16. The molecule has 0 saturated carbocycles. The first kappa shape index (κ1) is 22.2. The Hall–Kier alpha value is -2.07. The number of benzene rings is 2. The van der Waals surface area contributed by atoms with Gasteiger partial charge in [0.25, 0.3) is 0 Å². The molecule has 0 aliphatic carbocycles. The van der Waals surface area contributed by atoms with Crippen LogP contribution in [0.1, 0.15) is 12.5 Å². The first-order valence-electron chi connectivity index (χ1n) is 8.85. The van der Waals surface area contributed by atoms with Crippen molar-refractivity contribution in [3.63, 3.8) is 0 Å². The van der Waals surface area contributed by atoms with Crippen molar-refractivity contribution in [2.75, 3.05) is 13.6 Å². The summed E-state index contributed by atoms with van der Waals surface area (Å²) in [4.78, 5) is 9.55. The Labute approximate surface area is 187 Å². The second-order valence-corrected chi connectivity index (χ2v) is 7.57. The largest absolute Gasteiger partial charge is 0.355 e. The van der Waals surface area contributed by atoms with Crippen molar-refractivity contribution in [2.45, 2.75) is 23.6 Å². The number of thioether (sulfide) groups is 1. The molecule has 1 atom stereocenters. The molecule has 148 valence electrons. The van der Waals surface area contributed by atoms with E-state index in [1.54, 1.807) is 18.1 Å². The Balaban J connectivity index is 0.00000280. The van der Waals surface area contributed by atoms with Crippen molar-refractivity contribution < 1.29 is 0 Å². The van der Waals surface area contributed by atoms with E-state index in [1.165, 1.54) is 16.8 Å². The predicted molar refractivity (Wildman–Crippen MR) is 127 cm³/mol. The van der Waals surface area contributed by atoms with E-state index in [0.717, 1.165) is 18.2 Å². The first-order chi connectivity index (χ1) is 13.2. The van der Waals surface area contributed by atoms with Gasteiger partial charge in [0.05, 0.1) is 5.69 Å². The normalized spacial score (nSPS) is 12.1. The zero-order valence-corrected chi connectivity index (χ0v) is 19.1. The quantitative estimate of drug-likeness (QED) is 0.220. The smallest absolute Gasteiger partial charge is 0.191 e. The summed E-state index contributed by atoms with van der Waals surface area (Å²) in [6, 6.07) is 18.6. The Bertz CT molecular complexity index is 837. The summed E-state index contributed by atoms with van der Waals surface area (Å²) in [6.07, 6.45) is 3.22. The van der Waals surface area contributed by atoms with Gasteiger partial charge in [0.15, 0.2) is 5.96 Å². The Morgan fingerprint density at radius 2 is 1.86 bits per heavy atom. The van der Waals surface area contributed by atoms with Gasteiger partial charge < -0.3 is 10.6 Å². The average Bonchev–Trinajstić information content (AvgIpc) is 3.24. The fourth-order valence-corrected chi connectivity index (χ4v) is 3.47. The summed E-state index contributed by atoms with van der Waals surface area (Å²) >= 11 is 1.85. The maximum Gasteiger partial charge on any atom is 0.191 e. The van der Waals surface area contributed by atoms with E-state index in [0.29, 0.717) is 11.8 Å². The van der Waals surface area contributed by atoms with Crippen molar-refractivity contribution in [3.8, 4) is 5.69 Å². The molecule has 2 N–H and O–H groups in total. The summed E-state index contributed by atoms with van der Waals surface area (Å²) in [5.74, 6) is 0.802. The lowest BCUT2D eigenvalue weighted by molar-refractivity contribution is 0.789. The second kappa shape index (κ2) is 11.7. The number of hydrogen-bond donors (Lipinski definition) is 2. The van der Waals surface area contributed by atoms with Gasteiger partial charge in [-0.05, 0) is 29.8 Å². The lowest BCUT2D eigenvalue weighted by atomic mass is 10.2. The highest BCUT2D eigenvalue weighted by Crippen LogP contribution is 2.21. The molecule has 1 heterocycles. The van der Waals surface area contributed by atoms with Crippen LogP contribution in [-0.4, -0.2) is 39.6 Å². The Kier molecular flexibility index (Phi) is 9.29. The van der Waals surface area contributed by atoms with E-state index in [9.17, 15) is 0 Å². The third kappa shape index (κ3) is 6.83. The van der Waals surface area contributed by atoms with Crippen molar-refractivity contribution in [3.05, 3.63) is 72.8 Å². The summed E-state index contributed by atoms with van der Waals surface area (Å²) in [5, 5.41) is 11.3. The SMILES string of the molecule is CN=C(NCc1ccc(-n2cncn2)cc1)NCC(C)Sc1ccccc1.I. The van der Waals surface area contributed by atoms with Crippen LogP contribution in [0.2, 0.25) is 0 Å². The molecule has 8 heteroatoms. The van der Waals surface area contributed by atoms with E-state index < -0.39 is 0 Å². The van der Waals surface area contributed by atoms with Crippen molar-refractivity contribution in [2.24, 2.45) is 4.99 Å². The van der Waals surface area contributed by atoms with Crippen LogP contribution >= 0.6 is 35.7 Å². The molecule has 0 fully saturated rings. The molecule has 0 spiro atoms. The third-order valence-corrected chi connectivity index (χ3v) is 5.05. The first-order valence-corrected chi connectivity index (χ1v) is 9.73. The maximum absolute atomic E-state index is 4.30. The van der Waals surface area contributed by atoms with E-state index in [4.69, 9.17) is 0 Å². The Morgan fingerprint density at radius 1 is 1.11 bits per heavy atom. The molecule has 0 aliphatic heterocycles. The van der Waals surface area contributed by atoms with Gasteiger partial charge in [-0.1, -0.05) is 37.3 Å². The molecular weight excluding hydrogens is 483 g/mol. The molecule has 28 heavy (non-hydrogen) atoms. The summed E-state index contributed by atoms with van der Waals surface area (Å²) < 4.78 is 1.74. The highest BCUT2D eigenvalue weighted by atomic mass is 127. The monoisotopic (exact) mass is 508 g/mol. The molecule has 3 aromatic rings. The number of nitrogens with one attached hydrogen (secondary N) is 2. The van der Waals surface area contributed by atoms with Crippen LogP contribution < -0.4 is 10.6 Å². The number of nitrogens with zero attached hydrogens (tertiary/aromatic N) is 4. The minimum Gasteiger partial charge on any atom is -0.355 e. The fourth-order valence-electron chi connectivity index (χ4n) is 2.53. The molecule has 0 saturated heterocycles. The number of halogens is 1. The maximum atomic E-state index is 4.30. The molecule has 0 amide bonds. The van der Waals surface area contributed by atoms with Gasteiger partial charge in [-0.25, -0.2) is 9.67 Å². The van der Waals surface area contributed by atoms with Crippen molar-refractivity contribution >= 4 is 41.7 Å². The minimum absolute atomic E-state index is 0. The molecule has 2 aromatic carbocycles. The molecular formula is C20H25IN6S. The van der Waals surface area contributed by atoms with Crippen molar-refractivity contribution in [1.29, 1.82) is 0 Å². The van der Waals surface area contributed by atoms with Gasteiger partial charge in [0, 0.05) is 30.3 Å². The minimum atomic E-state index is 0. The van der Waals surface area contributed by atoms with Crippen LogP contribution in [0.15, 0.2) is 77.1 Å². The summed E-state index contributed by atoms with van der Waals surface area (Å²) in [5.41, 5.74) is 2.17. The standard InChI is InChI=1S/C20H24N6S.HI/c1-16(27-19-6-4-3-5-7-19)12-23-20(21-2)24-13-17-8-10-18(11-9-17)26-15-22-14-25-26;/h3-11,14-16H,12-13H2,1-2H3,(H2,21,23,24);1H. The Morgan fingerprint density at radius 3 is 2.50 bits per heavy atom. The molecule has 0 aliphatic rings. The number of rotatable bonds is 7. The van der Waals surface area contributed by atoms with Gasteiger partial charge in [0.1, 0.15) is 12.7 Å². The van der Waals surface area contributed by atoms with Crippen molar-refractivity contribution in [1.82, 2.24) is 25.4 Å². The summed E-state index contributed by atoms with van der Waals surface area (Å²) in [6.45, 7) is 3.75. The van der Waals surface area contributed by atoms with Crippen LogP contribution in [0.3, 0.4) is 0 Å². The van der Waals surface area contributed by atoms with Gasteiger partial charge in [-0.3, -0.25) is 4.99 Å². The predicted octanol–water partition coefficient (Wildman–Crippen LogP) is 3.73. The van der Waals surface area contributed by atoms with E-state index in [1.807, 2.05) is 30.0 Å². The van der Waals surface area contributed by atoms with Gasteiger partial charge in [-0.15, -0.1) is 35.7 Å². The summed E-state index contributed by atoms with van der Waals surface area (Å²) in [7, 11) is 1.79. The molecule has 1 aromatic heterocycles. The van der Waals surface area contributed by atoms with Crippen LogP contribution in [0, 0.1) is 0 Å². The molecule has 0 radical (unpaired) electrons. The molecule has 1 unspecified atom stereocenters. The van der Waals surface area contributed by atoms with E-state index >= 15 is 0 Å². The van der Waals surface area contributed by atoms with Gasteiger partial charge >= 0.3 is 0 Å². The average molecular weight is 508 g/mol. The fraction of sp³-hybridized carbons (Fsp3) is 0.250. The van der Waals surface area contributed by atoms with Crippen LogP contribution in [0.5, 0.6) is 0 Å². The van der Waals surface area contributed by atoms with Gasteiger partial charge in [0.2, 0.25) is 0 Å². The van der Waals surface area contributed by atoms with Crippen LogP contribution in [0.4, 0.5) is 0 Å². The highest BCUT2D eigenvalue weighted by Gasteiger charge is 2.06.